The molecule has 2 amide bonds. The molecule has 1 fully saturated rings. The molecule has 1 saturated heterocycles. The Kier molecular flexibility index (Phi) is 7.17. The Balaban J connectivity index is 1.22. The van der Waals surface area contributed by atoms with Gasteiger partial charge >= 0.3 is 0 Å². The third-order valence-corrected chi connectivity index (χ3v) is 6.03. The van der Waals surface area contributed by atoms with Gasteiger partial charge in [0, 0.05) is 31.1 Å². The third kappa shape index (κ3) is 5.86. The monoisotopic (exact) mass is 446 g/mol. The smallest absolute Gasteiger partial charge is 0.253 e. The molecule has 0 saturated carbocycles. The van der Waals surface area contributed by atoms with E-state index in [0.717, 1.165) is 41.0 Å². The number of amides is 2. The number of para-hydroxylation sites is 1. The lowest BCUT2D eigenvalue weighted by molar-refractivity contribution is -0.122. The van der Waals surface area contributed by atoms with Crippen LogP contribution in [0.2, 0.25) is 0 Å². The first-order valence-corrected chi connectivity index (χ1v) is 11.5. The zero-order chi connectivity index (χ0) is 23.2. The molecule has 172 valence electrons. The van der Waals surface area contributed by atoms with Crippen molar-refractivity contribution >= 4 is 22.8 Å². The fourth-order valence-electron chi connectivity index (χ4n) is 4.01. The lowest BCUT2D eigenvalue weighted by atomic mass is 10.0. The van der Waals surface area contributed by atoms with Gasteiger partial charge in [-0.2, -0.15) is 0 Å². The van der Waals surface area contributed by atoms with Crippen LogP contribution in [-0.2, 0) is 4.79 Å². The number of carbonyl (C=O) groups is 2. The second-order valence-electron chi connectivity index (χ2n) is 8.50. The van der Waals surface area contributed by atoms with E-state index in [-0.39, 0.29) is 17.9 Å². The number of piperidine rings is 1. The van der Waals surface area contributed by atoms with Crippen molar-refractivity contribution in [3.63, 3.8) is 0 Å². The van der Waals surface area contributed by atoms with Gasteiger partial charge in [0.05, 0.1) is 29.0 Å². The zero-order valence-electron chi connectivity index (χ0n) is 19.2. The average molecular weight is 447 g/mol. The van der Waals surface area contributed by atoms with Gasteiger partial charge in [-0.05, 0) is 63.4 Å². The van der Waals surface area contributed by atoms with E-state index in [2.05, 4.69) is 15.3 Å². The minimum Gasteiger partial charge on any atom is -0.494 e. The Morgan fingerprint density at radius 3 is 2.42 bits per heavy atom. The fourth-order valence-corrected chi connectivity index (χ4v) is 4.01. The van der Waals surface area contributed by atoms with Crippen LogP contribution in [0.25, 0.3) is 11.0 Å². The van der Waals surface area contributed by atoms with E-state index < -0.39 is 0 Å². The highest BCUT2D eigenvalue weighted by Crippen LogP contribution is 2.18. The maximum atomic E-state index is 13.0. The molecule has 33 heavy (non-hydrogen) atoms. The van der Waals surface area contributed by atoms with Gasteiger partial charge in [-0.15, -0.1) is 0 Å². The summed E-state index contributed by atoms with van der Waals surface area (Å²) in [5.41, 5.74) is 3.93. The number of carbonyl (C=O) groups excluding carboxylic acids is 2. The highest BCUT2D eigenvalue weighted by molar-refractivity contribution is 5.97. The summed E-state index contributed by atoms with van der Waals surface area (Å²) in [5.74, 6) is 0.855. The van der Waals surface area contributed by atoms with E-state index in [1.807, 2.05) is 67.3 Å². The van der Waals surface area contributed by atoms with Crippen molar-refractivity contribution in [1.29, 1.82) is 0 Å². The largest absolute Gasteiger partial charge is 0.494 e. The van der Waals surface area contributed by atoms with Gasteiger partial charge in [0.1, 0.15) is 5.75 Å². The summed E-state index contributed by atoms with van der Waals surface area (Å²) < 4.78 is 5.64. The Morgan fingerprint density at radius 2 is 1.70 bits per heavy atom. The first-order valence-electron chi connectivity index (χ1n) is 11.5. The van der Waals surface area contributed by atoms with Crippen molar-refractivity contribution in [3.05, 3.63) is 65.5 Å². The SMILES string of the molecule is Cc1nc2ccc(C(=O)N3CCC(NC(=O)CCCOc4ccccc4)CC3)cc2nc1C. The van der Waals surface area contributed by atoms with Crippen LogP contribution in [0.4, 0.5) is 0 Å². The van der Waals surface area contributed by atoms with Crippen molar-refractivity contribution in [3.8, 4) is 5.75 Å². The molecule has 0 radical (unpaired) electrons. The lowest BCUT2D eigenvalue weighted by Crippen LogP contribution is -2.46. The predicted octanol–water partition coefficient (Wildman–Crippen LogP) is 3.83. The van der Waals surface area contributed by atoms with E-state index in [4.69, 9.17) is 4.74 Å². The van der Waals surface area contributed by atoms with Crippen LogP contribution >= 0.6 is 0 Å². The fraction of sp³-hybridized carbons (Fsp3) is 0.385. The molecule has 0 unspecified atom stereocenters. The molecule has 1 N–H and O–H groups in total. The number of ether oxygens (including phenoxy) is 1. The molecule has 0 bridgehead atoms. The molecule has 4 rings (SSSR count). The van der Waals surface area contributed by atoms with E-state index in [1.165, 1.54) is 0 Å². The predicted molar refractivity (Wildman–Crippen MR) is 127 cm³/mol. The van der Waals surface area contributed by atoms with Crippen LogP contribution < -0.4 is 10.1 Å². The van der Waals surface area contributed by atoms with E-state index in [0.29, 0.717) is 38.1 Å². The average Bonchev–Trinajstić information content (AvgIpc) is 2.83. The van der Waals surface area contributed by atoms with Gasteiger partial charge in [0.25, 0.3) is 5.91 Å². The van der Waals surface area contributed by atoms with Crippen molar-refractivity contribution in [1.82, 2.24) is 20.2 Å². The number of aromatic nitrogens is 2. The minimum atomic E-state index is -0.000217. The molecular weight excluding hydrogens is 416 g/mol. The van der Waals surface area contributed by atoms with Gasteiger partial charge in [0.15, 0.2) is 0 Å². The number of nitrogens with zero attached hydrogens (tertiary/aromatic N) is 3. The Bertz CT molecular complexity index is 1130. The summed E-state index contributed by atoms with van der Waals surface area (Å²) in [6.45, 7) is 5.61. The molecule has 7 nitrogen and oxygen atoms in total. The van der Waals surface area contributed by atoms with Gasteiger partial charge in [-0.25, -0.2) is 9.97 Å². The molecule has 3 aromatic rings. The molecular formula is C26H30N4O3. The molecule has 0 spiro atoms. The number of fused-ring (bicyclic) bond motifs is 1. The van der Waals surface area contributed by atoms with E-state index in [1.54, 1.807) is 0 Å². The van der Waals surface area contributed by atoms with Crippen molar-refractivity contribution in [2.75, 3.05) is 19.7 Å². The van der Waals surface area contributed by atoms with Crippen molar-refractivity contribution in [2.45, 2.75) is 45.6 Å². The lowest BCUT2D eigenvalue weighted by Gasteiger charge is -2.32. The number of likely N-dealkylation sites (tertiary alicyclic amines) is 1. The Labute approximate surface area is 194 Å². The van der Waals surface area contributed by atoms with Crippen LogP contribution in [0.15, 0.2) is 48.5 Å². The van der Waals surface area contributed by atoms with E-state index >= 15 is 0 Å². The van der Waals surface area contributed by atoms with Crippen molar-refractivity contribution in [2.24, 2.45) is 0 Å². The normalized spacial score (nSPS) is 14.3. The summed E-state index contributed by atoms with van der Waals surface area (Å²) in [4.78, 5) is 36.2. The molecule has 7 heteroatoms. The maximum Gasteiger partial charge on any atom is 0.253 e. The number of rotatable bonds is 7. The quantitative estimate of drug-likeness (QED) is 0.558. The van der Waals surface area contributed by atoms with E-state index in [9.17, 15) is 9.59 Å². The minimum absolute atomic E-state index is 0.000217. The van der Waals surface area contributed by atoms with Gasteiger partial charge in [-0.1, -0.05) is 18.2 Å². The topological polar surface area (TPSA) is 84.4 Å². The highest BCUT2D eigenvalue weighted by Gasteiger charge is 2.25. The summed E-state index contributed by atoms with van der Waals surface area (Å²) in [6, 6.07) is 15.2. The molecule has 1 aromatic heterocycles. The second-order valence-corrected chi connectivity index (χ2v) is 8.50. The standard InChI is InChI=1S/C26H30N4O3/c1-18-19(2)28-24-17-20(10-11-23(24)27-18)26(32)30-14-12-21(13-15-30)29-25(31)9-6-16-33-22-7-4-3-5-8-22/h3-5,7-8,10-11,17,21H,6,9,12-16H2,1-2H3,(H,29,31). The maximum absolute atomic E-state index is 13.0. The van der Waals surface area contributed by atoms with Crippen LogP contribution in [0.3, 0.4) is 0 Å². The Hall–Kier alpha value is -3.48. The number of aryl methyl sites for hydroxylation is 2. The van der Waals surface area contributed by atoms with Crippen LogP contribution in [0.5, 0.6) is 5.75 Å². The van der Waals surface area contributed by atoms with Gasteiger partial charge in [0.2, 0.25) is 5.91 Å². The second kappa shape index (κ2) is 10.4. The summed E-state index contributed by atoms with van der Waals surface area (Å²) in [6.07, 6.45) is 2.61. The van der Waals surface area contributed by atoms with Crippen LogP contribution in [-0.4, -0.2) is 52.4 Å². The first-order chi connectivity index (χ1) is 16.0. The molecule has 1 aliphatic heterocycles. The number of benzene rings is 2. The molecule has 1 aliphatic rings. The van der Waals surface area contributed by atoms with Gasteiger partial charge < -0.3 is 15.0 Å². The number of hydrogen-bond acceptors (Lipinski definition) is 5. The van der Waals surface area contributed by atoms with Crippen LogP contribution in [0, 0.1) is 13.8 Å². The molecule has 2 heterocycles. The first kappa shape index (κ1) is 22.7. The molecule has 0 aliphatic carbocycles. The van der Waals surface area contributed by atoms with Gasteiger partial charge in [-0.3, -0.25) is 9.59 Å². The number of hydrogen-bond donors (Lipinski definition) is 1. The number of nitrogens with one attached hydrogen (secondary N) is 1. The highest BCUT2D eigenvalue weighted by atomic mass is 16.5. The Morgan fingerprint density at radius 1 is 1.00 bits per heavy atom. The van der Waals surface area contributed by atoms with Crippen LogP contribution in [0.1, 0.15) is 47.4 Å². The third-order valence-electron chi connectivity index (χ3n) is 6.03. The summed E-state index contributed by atoms with van der Waals surface area (Å²) in [7, 11) is 0. The molecule has 2 aromatic carbocycles. The zero-order valence-corrected chi connectivity index (χ0v) is 19.2. The summed E-state index contributed by atoms with van der Waals surface area (Å²) in [5, 5.41) is 3.10. The summed E-state index contributed by atoms with van der Waals surface area (Å²) >= 11 is 0. The van der Waals surface area contributed by atoms with Crippen molar-refractivity contribution < 1.29 is 14.3 Å². The molecule has 0 atom stereocenters.